The second-order valence-electron chi connectivity index (χ2n) is 4.88. The first-order valence-corrected chi connectivity index (χ1v) is 9.29. The van der Waals surface area contributed by atoms with Crippen LogP contribution in [0.5, 0.6) is 0 Å². The molecule has 1 aromatic carbocycles. The van der Waals surface area contributed by atoms with Crippen molar-refractivity contribution >= 4 is 7.26 Å². The number of rotatable bonds is 8. The summed E-state index contributed by atoms with van der Waals surface area (Å²) >= 11 is 0. The van der Waals surface area contributed by atoms with E-state index < -0.39 is 7.26 Å². The Hall–Kier alpha value is -1.88. The molecule has 0 unspecified atom stereocenters. The largest absolute Gasteiger partial charge is 0.198 e. The topological polar surface area (TPSA) is 71.4 Å². The molecular formula is C16H19N3P+. The molecule has 0 bridgehead atoms. The third kappa shape index (κ3) is 5.40. The molecular weight excluding hydrogens is 265 g/mol. The van der Waals surface area contributed by atoms with Gasteiger partial charge in [0.2, 0.25) is 0 Å². The van der Waals surface area contributed by atoms with Crippen molar-refractivity contribution in [2.75, 3.05) is 18.5 Å². The highest BCUT2D eigenvalue weighted by atomic mass is 31.2. The number of nitrogens with zero attached hydrogens (tertiary/aromatic N) is 3. The molecule has 0 aromatic heterocycles. The average Bonchev–Trinajstić information content (AvgIpc) is 2.49. The van der Waals surface area contributed by atoms with Crippen LogP contribution in [0, 0.1) is 34.0 Å². The molecule has 0 aliphatic rings. The molecule has 4 heteroatoms. The van der Waals surface area contributed by atoms with E-state index in [0.717, 1.165) is 24.6 Å². The zero-order chi connectivity index (χ0) is 14.7. The summed E-state index contributed by atoms with van der Waals surface area (Å²) in [5.74, 6) is 0. The van der Waals surface area contributed by atoms with Crippen LogP contribution in [0.15, 0.2) is 30.3 Å². The van der Waals surface area contributed by atoms with Crippen LogP contribution < -0.4 is 0 Å². The van der Waals surface area contributed by atoms with Crippen LogP contribution in [0.2, 0.25) is 0 Å². The van der Waals surface area contributed by atoms with E-state index in [2.05, 4.69) is 30.3 Å². The van der Waals surface area contributed by atoms with Crippen molar-refractivity contribution < 1.29 is 0 Å². The van der Waals surface area contributed by atoms with Crippen molar-refractivity contribution in [2.24, 2.45) is 0 Å². The van der Waals surface area contributed by atoms with Crippen molar-refractivity contribution in [3.63, 3.8) is 0 Å². The summed E-state index contributed by atoms with van der Waals surface area (Å²) < 4.78 is 0. The first kappa shape index (κ1) is 16.2. The molecule has 0 atom stereocenters. The summed E-state index contributed by atoms with van der Waals surface area (Å²) in [7, 11) is -1.44. The van der Waals surface area contributed by atoms with Gasteiger partial charge < -0.3 is 0 Å². The highest BCUT2D eigenvalue weighted by Gasteiger charge is 2.36. The second kappa shape index (κ2) is 9.09. The molecule has 0 spiro atoms. The van der Waals surface area contributed by atoms with Crippen molar-refractivity contribution in [1.82, 2.24) is 0 Å². The van der Waals surface area contributed by atoms with Gasteiger partial charge in [-0.1, -0.05) is 30.3 Å². The van der Waals surface area contributed by atoms with Crippen molar-refractivity contribution in [3.05, 3.63) is 35.9 Å². The smallest absolute Gasteiger partial charge is 0.0843 e. The molecule has 102 valence electrons. The maximum atomic E-state index is 8.88. The van der Waals surface area contributed by atoms with Gasteiger partial charge in [-0.05, 0) is 5.56 Å². The lowest BCUT2D eigenvalue weighted by atomic mass is 10.2. The first-order chi connectivity index (χ1) is 9.76. The van der Waals surface area contributed by atoms with Gasteiger partial charge in [0.1, 0.15) is 0 Å². The summed E-state index contributed by atoms with van der Waals surface area (Å²) in [5, 5.41) is 26.7. The van der Waals surface area contributed by atoms with Crippen LogP contribution in [-0.4, -0.2) is 18.5 Å². The zero-order valence-electron chi connectivity index (χ0n) is 11.6. The lowest BCUT2D eigenvalue weighted by Crippen LogP contribution is -2.11. The molecule has 20 heavy (non-hydrogen) atoms. The Kier molecular flexibility index (Phi) is 7.35. The van der Waals surface area contributed by atoms with Gasteiger partial charge in [-0.2, -0.15) is 15.8 Å². The molecule has 0 saturated heterocycles. The van der Waals surface area contributed by atoms with E-state index in [1.807, 2.05) is 18.2 Å². The van der Waals surface area contributed by atoms with Gasteiger partial charge in [-0.25, -0.2) is 0 Å². The average molecular weight is 284 g/mol. The third-order valence-corrected chi connectivity index (χ3v) is 8.01. The van der Waals surface area contributed by atoms with Crippen LogP contribution in [0.3, 0.4) is 0 Å². The Morgan fingerprint density at radius 1 is 0.750 bits per heavy atom. The molecule has 0 aliphatic carbocycles. The van der Waals surface area contributed by atoms with Crippen LogP contribution >= 0.6 is 7.26 Å². The highest BCUT2D eigenvalue weighted by Crippen LogP contribution is 2.62. The van der Waals surface area contributed by atoms with Crippen LogP contribution in [-0.2, 0) is 6.16 Å². The maximum Gasteiger partial charge on any atom is 0.0843 e. The van der Waals surface area contributed by atoms with E-state index in [0.29, 0.717) is 19.3 Å². The minimum atomic E-state index is -1.44. The lowest BCUT2D eigenvalue weighted by Gasteiger charge is -2.25. The van der Waals surface area contributed by atoms with Crippen LogP contribution in [0.1, 0.15) is 24.8 Å². The molecule has 0 saturated carbocycles. The molecule has 0 N–H and O–H groups in total. The second-order valence-corrected chi connectivity index (χ2v) is 9.22. The molecule has 0 amide bonds. The fourth-order valence-electron chi connectivity index (χ4n) is 2.40. The molecule has 0 fully saturated rings. The number of benzene rings is 1. The number of hydrogen-bond acceptors (Lipinski definition) is 3. The number of nitriles is 3. The quantitative estimate of drug-likeness (QED) is 0.678. The highest BCUT2D eigenvalue weighted by molar-refractivity contribution is 7.75. The Bertz CT molecular complexity index is 474. The van der Waals surface area contributed by atoms with E-state index in [1.165, 1.54) is 5.56 Å². The Labute approximate surface area is 121 Å². The van der Waals surface area contributed by atoms with Crippen molar-refractivity contribution in [1.29, 1.82) is 15.8 Å². The zero-order valence-corrected chi connectivity index (χ0v) is 12.5. The SMILES string of the molecule is N#CCC[P+](CCC#N)(CCC#N)Cc1ccccc1. The van der Waals surface area contributed by atoms with Crippen molar-refractivity contribution in [2.45, 2.75) is 25.4 Å². The monoisotopic (exact) mass is 284 g/mol. The van der Waals surface area contributed by atoms with Gasteiger partial charge in [0.25, 0.3) is 0 Å². The van der Waals surface area contributed by atoms with E-state index in [9.17, 15) is 0 Å². The molecule has 1 rings (SSSR count). The maximum absolute atomic E-state index is 8.88. The van der Waals surface area contributed by atoms with E-state index in [4.69, 9.17) is 15.8 Å². The van der Waals surface area contributed by atoms with Crippen molar-refractivity contribution in [3.8, 4) is 18.2 Å². The van der Waals surface area contributed by atoms with Gasteiger partial charge in [0, 0.05) is 7.26 Å². The summed E-state index contributed by atoms with van der Waals surface area (Å²) in [6, 6.07) is 16.9. The minimum absolute atomic E-state index is 0.525. The van der Waals surface area contributed by atoms with E-state index >= 15 is 0 Å². The standard InChI is InChI=1S/C16H19N3P/c17-9-4-12-20(13-5-10-18,14-6-11-19)15-16-7-2-1-3-8-16/h1-3,7-8H,4-6,12-15H2/q+1. The van der Waals surface area contributed by atoms with Crippen LogP contribution in [0.4, 0.5) is 0 Å². The summed E-state index contributed by atoms with van der Waals surface area (Å²) in [6.07, 6.45) is 5.11. The van der Waals surface area contributed by atoms with Gasteiger partial charge in [-0.15, -0.1) is 0 Å². The molecule has 0 aliphatic heterocycles. The first-order valence-electron chi connectivity index (χ1n) is 6.76. The summed E-state index contributed by atoms with van der Waals surface area (Å²) in [5.41, 5.74) is 1.26. The normalized spacial score (nSPS) is 10.2. The van der Waals surface area contributed by atoms with Gasteiger partial charge in [0.15, 0.2) is 0 Å². The molecule has 1 aromatic rings. The summed E-state index contributed by atoms with van der Waals surface area (Å²) in [4.78, 5) is 0. The van der Waals surface area contributed by atoms with Gasteiger partial charge in [-0.3, -0.25) is 0 Å². The molecule has 0 radical (unpaired) electrons. The Morgan fingerprint density at radius 3 is 1.60 bits per heavy atom. The summed E-state index contributed by atoms with van der Waals surface area (Å²) in [6.45, 7) is 0. The molecule has 0 heterocycles. The Balaban J connectivity index is 2.91. The Morgan fingerprint density at radius 2 is 1.20 bits per heavy atom. The fourth-order valence-corrected chi connectivity index (χ4v) is 6.26. The third-order valence-electron chi connectivity index (χ3n) is 3.45. The van der Waals surface area contributed by atoms with Crippen LogP contribution in [0.25, 0.3) is 0 Å². The fraction of sp³-hybridized carbons (Fsp3) is 0.438. The minimum Gasteiger partial charge on any atom is -0.198 e. The number of hydrogen-bond donors (Lipinski definition) is 0. The van der Waals surface area contributed by atoms with Gasteiger partial charge >= 0.3 is 0 Å². The van der Waals surface area contributed by atoms with E-state index in [1.54, 1.807) is 0 Å². The van der Waals surface area contributed by atoms with Gasteiger partial charge in [0.05, 0.1) is 62.1 Å². The predicted molar refractivity (Wildman–Crippen MR) is 82.4 cm³/mol. The predicted octanol–water partition coefficient (Wildman–Crippen LogP) is 3.95. The lowest BCUT2D eigenvalue weighted by molar-refractivity contribution is 1.08. The molecule has 3 nitrogen and oxygen atoms in total. The van der Waals surface area contributed by atoms with E-state index in [-0.39, 0.29) is 0 Å².